The van der Waals surface area contributed by atoms with Crippen LogP contribution in [0.25, 0.3) is 11.6 Å². The number of amides is 1. The molecule has 0 spiro atoms. The molecule has 3 N–H and O–H groups in total. The summed E-state index contributed by atoms with van der Waals surface area (Å²) in [6, 6.07) is 7.28. The average molecular weight is 322 g/mol. The highest BCUT2D eigenvalue weighted by Crippen LogP contribution is 2.36. The van der Waals surface area contributed by atoms with Crippen LogP contribution in [0.4, 0.5) is 5.69 Å². The Hall–Kier alpha value is -2.97. The van der Waals surface area contributed by atoms with Crippen LogP contribution in [0.15, 0.2) is 30.5 Å². The molecule has 0 unspecified atom stereocenters. The Morgan fingerprint density at radius 2 is 2.08 bits per heavy atom. The van der Waals surface area contributed by atoms with E-state index in [1.807, 2.05) is 18.2 Å². The van der Waals surface area contributed by atoms with Crippen LogP contribution in [0.1, 0.15) is 30.7 Å². The zero-order valence-corrected chi connectivity index (χ0v) is 13.7. The van der Waals surface area contributed by atoms with E-state index in [0.717, 1.165) is 5.56 Å². The summed E-state index contributed by atoms with van der Waals surface area (Å²) in [4.78, 5) is 15.4. The summed E-state index contributed by atoms with van der Waals surface area (Å²) in [6.45, 7) is 3.24. The Balaban J connectivity index is 2.14. The van der Waals surface area contributed by atoms with E-state index in [9.17, 15) is 9.90 Å². The van der Waals surface area contributed by atoms with Gasteiger partial charge in [-0.1, -0.05) is 17.9 Å². The SMILES string of the molecule is COc1cc[nH]c1/C=C1\C(=O)Nc2cccc(C#CC(C)(C)O)c21. The van der Waals surface area contributed by atoms with Crippen molar-refractivity contribution >= 4 is 23.2 Å². The van der Waals surface area contributed by atoms with Crippen LogP contribution >= 0.6 is 0 Å². The summed E-state index contributed by atoms with van der Waals surface area (Å²) in [7, 11) is 1.58. The van der Waals surface area contributed by atoms with E-state index >= 15 is 0 Å². The van der Waals surface area contributed by atoms with E-state index in [0.29, 0.717) is 28.3 Å². The molecule has 0 saturated heterocycles. The average Bonchev–Trinajstić information content (AvgIpc) is 3.09. The summed E-state index contributed by atoms with van der Waals surface area (Å²) < 4.78 is 5.27. The number of ether oxygens (including phenoxy) is 1. The van der Waals surface area contributed by atoms with Crippen molar-refractivity contribution in [2.24, 2.45) is 0 Å². The predicted octanol–water partition coefficient (Wildman–Crippen LogP) is 2.64. The fraction of sp³-hybridized carbons (Fsp3) is 0.211. The number of H-pyrrole nitrogens is 1. The molecule has 0 bridgehead atoms. The lowest BCUT2D eigenvalue weighted by atomic mass is 9.99. The van der Waals surface area contributed by atoms with Crippen LogP contribution in [-0.4, -0.2) is 28.7 Å². The van der Waals surface area contributed by atoms with Gasteiger partial charge in [-0.2, -0.15) is 0 Å². The van der Waals surface area contributed by atoms with Crippen molar-refractivity contribution < 1.29 is 14.6 Å². The van der Waals surface area contributed by atoms with E-state index in [4.69, 9.17) is 4.74 Å². The molecule has 122 valence electrons. The minimum absolute atomic E-state index is 0.195. The quantitative estimate of drug-likeness (QED) is 0.588. The fourth-order valence-electron chi connectivity index (χ4n) is 2.52. The third-order valence-corrected chi connectivity index (χ3v) is 3.58. The van der Waals surface area contributed by atoms with Crippen molar-refractivity contribution in [1.82, 2.24) is 4.98 Å². The Kier molecular flexibility index (Phi) is 3.92. The van der Waals surface area contributed by atoms with Crippen molar-refractivity contribution in [1.29, 1.82) is 0 Å². The monoisotopic (exact) mass is 322 g/mol. The first-order valence-electron chi connectivity index (χ1n) is 7.52. The smallest absolute Gasteiger partial charge is 0.256 e. The number of methoxy groups -OCH3 is 1. The number of aliphatic hydroxyl groups is 1. The molecule has 1 aliphatic heterocycles. The van der Waals surface area contributed by atoms with Gasteiger partial charge in [-0.05, 0) is 38.1 Å². The Bertz CT molecular complexity index is 889. The second kappa shape index (κ2) is 5.91. The molecule has 0 saturated carbocycles. The van der Waals surface area contributed by atoms with Gasteiger partial charge in [0.2, 0.25) is 0 Å². The number of hydrogen-bond acceptors (Lipinski definition) is 3. The Labute approximate surface area is 140 Å². The molecule has 0 aliphatic carbocycles. The van der Waals surface area contributed by atoms with Gasteiger partial charge >= 0.3 is 0 Å². The first-order chi connectivity index (χ1) is 11.4. The lowest BCUT2D eigenvalue weighted by molar-refractivity contribution is -0.110. The zero-order chi connectivity index (χ0) is 17.3. The number of nitrogens with one attached hydrogen (secondary N) is 2. The number of carbonyl (C=O) groups excluding carboxylic acids is 1. The molecule has 5 heteroatoms. The molecule has 1 aromatic carbocycles. The van der Waals surface area contributed by atoms with Gasteiger partial charge < -0.3 is 20.1 Å². The standard InChI is InChI=1S/C19H18N2O3/c1-19(2,23)9-7-12-5-4-6-14-17(12)13(18(22)21-14)11-15-16(24-3)8-10-20-15/h4-6,8,10-11,20,23H,1-3H3,(H,21,22)/b13-11-. The number of hydrogen-bond donors (Lipinski definition) is 3. The number of anilines is 1. The topological polar surface area (TPSA) is 74.4 Å². The van der Waals surface area contributed by atoms with E-state index in [-0.39, 0.29) is 5.91 Å². The van der Waals surface area contributed by atoms with Crippen LogP contribution in [0.3, 0.4) is 0 Å². The molecule has 2 aromatic rings. The van der Waals surface area contributed by atoms with Gasteiger partial charge in [-0.3, -0.25) is 4.79 Å². The van der Waals surface area contributed by atoms with E-state index in [1.54, 1.807) is 39.3 Å². The fourth-order valence-corrected chi connectivity index (χ4v) is 2.52. The lowest BCUT2D eigenvalue weighted by Crippen LogP contribution is -2.14. The number of fused-ring (bicyclic) bond motifs is 1. The van der Waals surface area contributed by atoms with Gasteiger partial charge in [-0.25, -0.2) is 0 Å². The second-order valence-electron chi connectivity index (χ2n) is 6.01. The number of aromatic nitrogens is 1. The van der Waals surface area contributed by atoms with Crippen molar-refractivity contribution in [2.75, 3.05) is 12.4 Å². The van der Waals surface area contributed by atoms with Crippen molar-refractivity contribution in [2.45, 2.75) is 19.4 Å². The van der Waals surface area contributed by atoms with E-state index in [1.165, 1.54) is 0 Å². The number of rotatable bonds is 2. The van der Waals surface area contributed by atoms with Crippen molar-refractivity contribution in [3.8, 4) is 17.6 Å². The second-order valence-corrected chi connectivity index (χ2v) is 6.01. The molecule has 0 fully saturated rings. The highest BCUT2D eigenvalue weighted by Gasteiger charge is 2.27. The Morgan fingerprint density at radius 1 is 1.29 bits per heavy atom. The first kappa shape index (κ1) is 15.9. The van der Waals surface area contributed by atoms with Gasteiger partial charge in [0, 0.05) is 17.3 Å². The first-order valence-corrected chi connectivity index (χ1v) is 7.52. The number of aromatic amines is 1. The molecular weight excluding hydrogens is 304 g/mol. The van der Waals surface area contributed by atoms with Gasteiger partial charge in [0.1, 0.15) is 11.4 Å². The van der Waals surface area contributed by atoms with Crippen LogP contribution in [-0.2, 0) is 4.79 Å². The third-order valence-electron chi connectivity index (χ3n) is 3.58. The number of carbonyl (C=O) groups is 1. The maximum atomic E-state index is 12.4. The van der Waals surface area contributed by atoms with Gasteiger partial charge in [0.25, 0.3) is 5.91 Å². The molecular formula is C19H18N2O3. The highest BCUT2D eigenvalue weighted by atomic mass is 16.5. The molecule has 3 rings (SSSR count). The summed E-state index contributed by atoms with van der Waals surface area (Å²) in [5.41, 5.74) is 2.23. The summed E-state index contributed by atoms with van der Waals surface area (Å²) in [5.74, 6) is 6.22. The van der Waals surface area contributed by atoms with Gasteiger partial charge in [0.05, 0.1) is 24.1 Å². The van der Waals surface area contributed by atoms with E-state index in [2.05, 4.69) is 22.1 Å². The predicted molar refractivity (Wildman–Crippen MR) is 93.5 cm³/mol. The normalized spacial score (nSPS) is 14.8. The largest absolute Gasteiger partial charge is 0.495 e. The van der Waals surface area contributed by atoms with Crippen LogP contribution in [0.5, 0.6) is 5.75 Å². The third kappa shape index (κ3) is 3.05. The van der Waals surface area contributed by atoms with Gasteiger partial charge in [0.15, 0.2) is 0 Å². The van der Waals surface area contributed by atoms with Crippen LogP contribution in [0, 0.1) is 11.8 Å². The summed E-state index contributed by atoms with van der Waals surface area (Å²) in [6.07, 6.45) is 3.49. The molecule has 24 heavy (non-hydrogen) atoms. The minimum Gasteiger partial charge on any atom is -0.495 e. The summed E-state index contributed by atoms with van der Waals surface area (Å²) >= 11 is 0. The maximum Gasteiger partial charge on any atom is 0.256 e. The molecule has 5 nitrogen and oxygen atoms in total. The van der Waals surface area contributed by atoms with Crippen LogP contribution in [0.2, 0.25) is 0 Å². The molecule has 2 heterocycles. The molecule has 1 amide bonds. The molecule has 1 aromatic heterocycles. The minimum atomic E-state index is -1.11. The van der Waals surface area contributed by atoms with Gasteiger partial charge in [-0.15, -0.1) is 0 Å². The van der Waals surface area contributed by atoms with Crippen LogP contribution < -0.4 is 10.1 Å². The Morgan fingerprint density at radius 3 is 2.79 bits per heavy atom. The maximum absolute atomic E-state index is 12.4. The molecule has 1 aliphatic rings. The molecule has 0 radical (unpaired) electrons. The molecule has 0 atom stereocenters. The number of benzene rings is 1. The van der Waals surface area contributed by atoms with Crippen molar-refractivity contribution in [3.63, 3.8) is 0 Å². The highest BCUT2D eigenvalue weighted by molar-refractivity contribution is 6.35. The lowest BCUT2D eigenvalue weighted by Gasteiger charge is -2.07. The van der Waals surface area contributed by atoms with E-state index < -0.39 is 5.60 Å². The van der Waals surface area contributed by atoms with Crippen molar-refractivity contribution in [3.05, 3.63) is 47.3 Å². The summed E-state index contributed by atoms with van der Waals surface area (Å²) in [5, 5.41) is 12.7. The zero-order valence-electron chi connectivity index (χ0n) is 13.7.